The van der Waals surface area contributed by atoms with Crippen LogP contribution in [0.3, 0.4) is 0 Å². The van der Waals surface area contributed by atoms with E-state index in [1.807, 2.05) is 0 Å². The summed E-state index contributed by atoms with van der Waals surface area (Å²) in [6, 6.07) is 11.2. The second-order valence-corrected chi connectivity index (χ2v) is 8.79. The molecule has 0 unspecified atom stereocenters. The zero-order chi connectivity index (χ0) is 24.4. The topological polar surface area (TPSA) is 64.6 Å². The molecule has 1 saturated carbocycles. The Bertz CT molecular complexity index is 1000. The Hall–Kier alpha value is -3.03. The Balaban J connectivity index is 2.09. The summed E-state index contributed by atoms with van der Waals surface area (Å²) in [4.78, 5) is 25.7. The number of carbonyl (C=O) groups excluding carboxylic acids is 2. The van der Waals surface area contributed by atoms with Crippen molar-refractivity contribution in [2.75, 3.05) is 19.5 Å². The van der Waals surface area contributed by atoms with E-state index in [9.17, 15) is 22.8 Å². The summed E-state index contributed by atoms with van der Waals surface area (Å²) in [7, 11) is 2.81. The van der Waals surface area contributed by atoms with Crippen molar-refractivity contribution in [2.45, 2.75) is 38.9 Å². The van der Waals surface area contributed by atoms with Crippen molar-refractivity contribution in [1.29, 1.82) is 0 Å². The Labute approximate surface area is 191 Å². The number of para-hydroxylation sites is 2. The normalized spacial score (nSPS) is 19.8. The third-order valence-corrected chi connectivity index (χ3v) is 6.52. The van der Waals surface area contributed by atoms with E-state index in [1.165, 1.54) is 26.4 Å². The van der Waals surface area contributed by atoms with Crippen LogP contribution in [0.25, 0.3) is 0 Å². The van der Waals surface area contributed by atoms with Crippen LogP contribution < -0.4 is 10.1 Å². The highest BCUT2D eigenvalue weighted by Gasteiger charge is 2.51. The number of alkyl halides is 3. The van der Waals surface area contributed by atoms with Gasteiger partial charge in [0.1, 0.15) is 11.5 Å². The number of nitrogens with one attached hydrogen (secondary N) is 1. The van der Waals surface area contributed by atoms with E-state index in [0.717, 1.165) is 12.1 Å². The fourth-order valence-electron chi connectivity index (χ4n) is 4.70. The number of esters is 1. The summed E-state index contributed by atoms with van der Waals surface area (Å²) in [5.74, 6) is -0.976. The number of benzene rings is 2. The lowest BCUT2D eigenvalue weighted by atomic mass is 9.69. The first kappa shape index (κ1) is 24.6. The van der Waals surface area contributed by atoms with Gasteiger partial charge < -0.3 is 14.8 Å². The van der Waals surface area contributed by atoms with Crippen molar-refractivity contribution in [1.82, 2.24) is 0 Å². The van der Waals surface area contributed by atoms with E-state index in [2.05, 4.69) is 5.32 Å². The summed E-state index contributed by atoms with van der Waals surface area (Å²) in [6.07, 6.45) is -3.71. The summed E-state index contributed by atoms with van der Waals surface area (Å²) in [6.45, 7) is 3.48. The van der Waals surface area contributed by atoms with Crippen molar-refractivity contribution in [3.8, 4) is 5.75 Å². The molecule has 178 valence electrons. The summed E-state index contributed by atoms with van der Waals surface area (Å²) in [5.41, 5.74) is -0.622. The molecule has 1 aliphatic rings. The molecule has 0 aliphatic heterocycles. The molecule has 3 rings (SSSR count). The average Bonchev–Trinajstić information content (AvgIpc) is 3.18. The van der Waals surface area contributed by atoms with Gasteiger partial charge in [0.2, 0.25) is 0 Å². The molecule has 0 spiro atoms. The first-order chi connectivity index (χ1) is 15.5. The molecule has 0 saturated heterocycles. The Morgan fingerprint density at radius 1 is 1.06 bits per heavy atom. The third-order valence-electron chi connectivity index (χ3n) is 6.52. The van der Waals surface area contributed by atoms with Crippen LogP contribution in [0.4, 0.5) is 18.9 Å². The van der Waals surface area contributed by atoms with Crippen molar-refractivity contribution < 1.29 is 32.2 Å². The monoisotopic (exact) mass is 463 g/mol. The van der Waals surface area contributed by atoms with Gasteiger partial charge in [-0.25, -0.2) is 0 Å². The highest BCUT2D eigenvalue weighted by atomic mass is 19.4. The van der Waals surface area contributed by atoms with Crippen LogP contribution >= 0.6 is 0 Å². The van der Waals surface area contributed by atoms with Gasteiger partial charge >= 0.3 is 12.1 Å². The van der Waals surface area contributed by atoms with E-state index in [4.69, 9.17) is 9.47 Å². The lowest BCUT2D eigenvalue weighted by Gasteiger charge is -2.37. The molecule has 5 nitrogen and oxygen atoms in total. The SMILES string of the molecule is COC(=O)C(C)(C)[C@H]1CCC(=O)[C@@H]1[C@H](Nc1ccccc1OC)c1ccc(C(F)(F)F)cc1. The fourth-order valence-corrected chi connectivity index (χ4v) is 4.70. The maximum Gasteiger partial charge on any atom is 0.416 e. The highest BCUT2D eigenvalue weighted by molar-refractivity contribution is 5.87. The molecule has 1 aliphatic carbocycles. The molecule has 0 bridgehead atoms. The predicted octanol–water partition coefficient (Wildman–Crippen LogP) is 5.66. The van der Waals surface area contributed by atoms with Crippen LogP contribution in [-0.2, 0) is 20.5 Å². The molecule has 0 amide bonds. The van der Waals surface area contributed by atoms with Gasteiger partial charge in [-0.15, -0.1) is 0 Å². The zero-order valence-electron chi connectivity index (χ0n) is 19.0. The lowest BCUT2D eigenvalue weighted by molar-refractivity contribution is -0.155. The molecule has 1 N–H and O–H groups in total. The molecule has 0 radical (unpaired) electrons. The maximum atomic E-state index is 13.1. The second kappa shape index (κ2) is 9.45. The molecule has 1 fully saturated rings. The first-order valence-electron chi connectivity index (χ1n) is 10.7. The van der Waals surface area contributed by atoms with Gasteiger partial charge in [0.25, 0.3) is 0 Å². The number of ether oxygens (including phenoxy) is 2. The Morgan fingerprint density at radius 3 is 2.27 bits per heavy atom. The highest BCUT2D eigenvalue weighted by Crippen LogP contribution is 2.49. The molecule has 2 aromatic carbocycles. The van der Waals surface area contributed by atoms with E-state index in [0.29, 0.717) is 23.4 Å². The number of ketones is 1. The van der Waals surface area contributed by atoms with Gasteiger partial charge in [0, 0.05) is 12.3 Å². The van der Waals surface area contributed by atoms with Crippen molar-refractivity contribution in [3.63, 3.8) is 0 Å². The van der Waals surface area contributed by atoms with Crippen molar-refractivity contribution >= 4 is 17.4 Å². The summed E-state index contributed by atoms with van der Waals surface area (Å²) in [5, 5.41) is 3.33. The first-order valence-corrected chi connectivity index (χ1v) is 10.7. The Kier molecular flexibility index (Phi) is 7.05. The smallest absolute Gasteiger partial charge is 0.416 e. The van der Waals surface area contributed by atoms with Gasteiger partial charge in [0.05, 0.1) is 36.9 Å². The van der Waals surface area contributed by atoms with Gasteiger partial charge in [-0.1, -0.05) is 24.3 Å². The minimum absolute atomic E-state index is 0.0516. The molecule has 33 heavy (non-hydrogen) atoms. The van der Waals surface area contributed by atoms with Crippen LogP contribution in [-0.4, -0.2) is 26.0 Å². The van der Waals surface area contributed by atoms with Crippen LogP contribution in [0.1, 0.15) is 43.9 Å². The molecule has 2 aromatic rings. The quantitative estimate of drug-likeness (QED) is 0.537. The second-order valence-electron chi connectivity index (χ2n) is 8.79. The number of methoxy groups -OCH3 is 2. The number of Topliss-reactive ketones (excluding diaryl/α,β-unsaturated/α-hetero) is 1. The van der Waals surface area contributed by atoms with E-state index in [-0.39, 0.29) is 18.1 Å². The fraction of sp³-hybridized carbons (Fsp3) is 0.440. The van der Waals surface area contributed by atoms with Crippen LogP contribution in [0.5, 0.6) is 5.75 Å². The van der Waals surface area contributed by atoms with E-state index >= 15 is 0 Å². The van der Waals surface area contributed by atoms with E-state index < -0.39 is 35.1 Å². The number of halogens is 3. The standard InChI is InChI=1S/C25H28F3NO4/c1-24(2,23(31)33-4)17-13-14-19(30)21(17)22(29-18-7-5-6-8-20(18)32-3)15-9-11-16(12-10-15)25(26,27)28/h5-12,17,21-22,29H,13-14H2,1-4H3/t17-,21+,22+/m0/s1. The lowest BCUT2D eigenvalue weighted by Crippen LogP contribution is -2.40. The van der Waals surface area contributed by atoms with Crippen molar-refractivity contribution in [2.24, 2.45) is 17.3 Å². The number of hydrogen-bond donors (Lipinski definition) is 1. The molecule has 3 atom stereocenters. The van der Waals surface area contributed by atoms with Gasteiger partial charge in [-0.2, -0.15) is 13.2 Å². The molecule has 0 aromatic heterocycles. The minimum atomic E-state index is -4.47. The molecular formula is C25H28F3NO4. The van der Waals surface area contributed by atoms with Crippen LogP contribution in [0.15, 0.2) is 48.5 Å². The third kappa shape index (κ3) is 4.99. The molecule has 8 heteroatoms. The Morgan fingerprint density at radius 2 is 1.70 bits per heavy atom. The number of hydrogen-bond acceptors (Lipinski definition) is 5. The summed E-state index contributed by atoms with van der Waals surface area (Å²) >= 11 is 0. The summed E-state index contributed by atoms with van der Waals surface area (Å²) < 4.78 is 49.8. The van der Waals surface area contributed by atoms with Crippen molar-refractivity contribution in [3.05, 3.63) is 59.7 Å². The van der Waals surface area contributed by atoms with Crippen LogP contribution in [0.2, 0.25) is 0 Å². The minimum Gasteiger partial charge on any atom is -0.495 e. The van der Waals surface area contributed by atoms with Gasteiger partial charge in [-0.3, -0.25) is 9.59 Å². The average molecular weight is 463 g/mol. The van der Waals surface area contributed by atoms with Crippen LogP contribution in [0, 0.1) is 17.3 Å². The number of rotatable bonds is 7. The van der Waals surface area contributed by atoms with Gasteiger partial charge in [-0.05, 0) is 56.0 Å². The predicted molar refractivity (Wildman–Crippen MR) is 118 cm³/mol. The number of carbonyl (C=O) groups is 2. The maximum absolute atomic E-state index is 13.1. The molecular weight excluding hydrogens is 435 g/mol. The zero-order valence-corrected chi connectivity index (χ0v) is 19.0. The van der Waals surface area contributed by atoms with E-state index in [1.54, 1.807) is 38.1 Å². The van der Waals surface area contributed by atoms with Gasteiger partial charge in [0.15, 0.2) is 0 Å². The number of anilines is 1. The molecule has 0 heterocycles. The largest absolute Gasteiger partial charge is 0.495 e.